The minimum absolute atomic E-state index is 0.791. The highest BCUT2D eigenvalue weighted by atomic mass is 35.5. The summed E-state index contributed by atoms with van der Waals surface area (Å²) in [6.07, 6.45) is 3.61. The van der Waals surface area contributed by atoms with Crippen LogP contribution < -0.4 is 0 Å². The van der Waals surface area contributed by atoms with Gasteiger partial charge in [-0.05, 0) is 36.8 Å². The Morgan fingerprint density at radius 1 is 1.04 bits per heavy atom. The second-order valence-electron chi connectivity index (χ2n) is 5.78. The van der Waals surface area contributed by atoms with Crippen LogP contribution in [0.5, 0.6) is 0 Å². The molecule has 1 aliphatic rings. The zero-order chi connectivity index (χ0) is 16.1. The van der Waals surface area contributed by atoms with E-state index in [2.05, 4.69) is 33.9 Å². The molecular formula is C18H21ClN4. The van der Waals surface area contributed by atoms with Crippen molar-refractivity contribution in [1.29, 1.82) is 0 Å². The van der Waals surface area contributed by atoms with Crippen LogP contribution in [-0.2, 0) is 6.54 Å². The predicted molar refractivity (Wildman–Crippen MR) is 94.8 cm³/mol. The molecule has 5 heteroatoms. The largest absolute Gasteiger partial charge is 0.295 e. The minimum Gasteiger partial charge on any atom is -0.295 e. The molecule has 0 amide bonds. The van der Waals surface area contributed by atoms with Crippen molar-refractivity contribution in [2.45, 2.75) is 13.5 Å². The van der Waals surface area contributed by atoms with Crippen LogP contribution in [0.4, 0.5) is 0 Å². The van der Waals surface area contributed by atoms with Gasteiger partial charge in [0.15, 0.2) is 0 Å². The third-order valence-electron chi connectivity index (χ3n) is 4.06. The molecule has 4 nitrogen and oxygen atoms in total. The fourth-order valence-corrected chi connectivity index (χ4v) is 2.83. The maximum atomic E-state index is 5.93. The fraction of sp³-hybridized carbons (Fsp3) is 0.333. The van der Waals surface area contributed by atoms with Gasteiger partial charge in [-0.3, -0.25) is 14.9 Å². The van der Waals surface area contributed by atoms with E-state index < -0.39 is 0 Å². The van der Waals surface area contributed by atoms with Gasteiger partial charge in [-0.2, -0.15) is 5.10 Å². The lowest BCUT2D eigenvalue weighted by Crippen LogP contribution is -2.43. The number of halogens is 1. The lowest BCUT2D eigenvalue weighted by atomic mass is 10.2. The summed E-state index contributed by atoms with van der Waals surface area (Å²) in [5.74, 6) is 0. The van der Waals surface area contributed by atoms with E-state index in [1.807, 2.05) is 24.3 Å². The molecule has 1 aromatic carbocycles. The van der Waals surface area contributed by atoms with E-state index in [1.165, 1.54) is 5.56 Å². The average Bonchev–Trinajstić information content (AvgIpc) is 2.59. The number of piperazine rings is 1. The van der Waals surface area contributed by atoms with Gasteiger partial charge < -0.3 is 0 Å². The maximum Gasteiger partial charge on any atom is 0.0647 e. The van der Waals surface area contributed by atoms with Gasteiger partial charge in [0.05, 0.1) is 5.71 Å². The van der Waals surface area contributed by atoms with Gasteiger partial charge in [-0.15, -0.1) is 0 Å². The minimum atomic E-state index is 0.791. The Bertz CT molecular complexity index is 646. The topological polar surface area (TPSA) is 31.7 Å². The Morgan fingerprint density at radius 2 is 1.70 bits per heavy atom. The zero-order valence-corrected chi connectivity index (χ0v) is 14.1. The van der Waals surface area contributed by atoms with E-state index in [4.69, 9.17) is 16.7 Å². The van der Waals surface area contributed by atoms with Crippen LogP contribution in [0.25, 0.3) is 0 Å². The normalized spacial score (nSPS) is 16.6. The molecule has 0 atom stereocenters. The Kier molecular flexibility index (Phi) is 5.26. The van der Waals surface area contributed by atoms with E-state index in [-0.39, 0.29) is 0 Å². The van der Waals surface area contributed by atoms with E-state index >= 15 is 0 Å². The van der Waals surface area contributed by atoms with Crippen LogP contribution in [0, 0.1) is 0 Å². The summed E-state index contributed by atoms with van der Waals surface area (Å²) in [7, 11) is 0. The van der Waals surface area contributed by atoms with Crippen molar-refractivity contribution >= 4 is 17.3 Å². The van der Waals surface area contributed by atoms with Gasteiger partial charge in [0, 0.05) is 55.7 Å². The van der Waals surface area contributed by atoms with Crippen molar-refractivity contribution in [3.63, 3.8) is 0 Å². The number of nitrogens with zero attached hydrogens (tertiary/aromatic N) is 4. The second-order valence-corrected chi connectivity index (χ2v) is 6.21. The molecule has 0 unspecified atom stereocenters. The van der Waals surface area contributed by atoms with Crippen LogP contribution in [0.3, 0.4) is 0 Å². The van der Waals surface area contributed by atoms with Crippen LogP contribution in [0.2, 0.25) is 5.02 Å². The summed E-state index contributed by atoms with van der Waals surface area (Å²) in [6.45, 7) is 6.98. The van der Waals surface area contributed by atoms with Crippen LogP contribution in [0.1, 0.15) is 18.1 Å². The van der Waals surface area contributed by atoms with Gasteiger partial charge >= 0.3 is 0 Å². The Labute approximate surface area is 142 Å². The van der Waals surface area contributed by atoms with Crippen molar-refractivity contribution in [2.75, 3.05) is 26.2 Å². The van der Waals surface area contributed by atoms with Crippen molar-refractivity contribution in [3.05, 3.63) is 64.9 Å². The Balaban J connectivity index is 1.53. The Hall–Kier alpha value is -1.91. The van der Waals surface area contributed by atoms with Crippen molar-refractivity contribution in [3.8, 4) is 0 Å². The molecule has 2 aromatic rings. The molecule has 120 valence electrons. The van der Waals surface area contributed by atoms with Gasteiger partial charge in [0.2, 0.25) is 0 Å². The monoisotopic (exact) mass is 328 g/mol. The molecule has 1 aliphatic heterocycles. The molecule has 0 radical (unpaired) electrons. The van der Waals surface area contributed by atoms with Crippen LogP contribution in [0.15, 0.2) is 53.9 Å². The molecule has 1 fully saturated rings. The van der Waals surface area contributed by atoms with Gasteiger partial charge in [0.25, 0.3) is 0 Å². The van der Waals surface area contributed by atoms with Crippen molar-refractivity contribution in [1.82, 2.24) is 14.9 Å². The highest BCUT2D eigenvalue weighted by molar-refractivity contribution is 6.30. The lowest BCUT2D eigenvalue weighted by Gasteiger charge is -2.33. The second kappa shape index (κ2) is 7.57. The molecule has 0 spiro atoms. The molecule has 0 saturated carbocycles. The standard InChI is InChI=1S/C18H21ClN4/c1-15(17-6-8-20-9-7-17)21-23-12-10-22(11-13-23)14-16-2-4-18(19)5-3-16/h2-9H,10-14H2,1H3/b21-15+. The number of hydrazone groups is 1. The number of hydrogen-bond acceptors (Lipinski definition) is 4. The molecular weight excluding hydrogens is 308 g/mol. The molecule has 0 bridgehead atoms. The molecule has 1 saturated heterocycles. The summed E-state index contributed by atoms with van der Waals surface area (Å²) in [4.78, 5) is 6.50. The highest BCUT2D eigenvalue weighted by Gasteiger charge is 2.16. The fourth-order valence-electron chi connectivity index (χ4n) is 2.71. The number of aromatic nitrogens is 1. The summed E-state index contributed by atoms with van der Waals surface area (Å²) in [5, 5.41) is 7.69. The highest BCUT2D eigenvalue weighted by Crippen LogP contribution is 2.13. The summed E-state index contributed by atoms with van der Waals surface area (Å²) >= 11 is 5.93. The summed E-state index contributed by atoms with van der Waals surface area (Å²) in [6, 6.07) is 12.1. The maximum absolute atomic E-state index is 5.93. The number of benzene rings is 1. The van der Waals surface area contributed by atoms with Crippen molar-refractivity contribution < 1.29 is 0 Å². The third kappa shape index (κ3) is 4.53. The van der Waals surface area contributed by atoms with E-state index in [9.17, 15) is 0 Å². The van der Waals surface area contributed by atoms with E-state index in [0.29, 0.717) is 0 Å². The quantitative estimate of drug-likeness (QED) is 0.807. The summed E-state index contributed by atoms with van der Waals surface area (Å²) < 4.78 is 0. The number of pyridine rings is 1. The van der Waals surface area contributed by atoms with Crippen LogP contribution >= 0.6 is 11.6 Å². The molecule has 2 heterocycles. The van der Waals surface area contributed by atoms with E-state index in [0.717, 1.165) is 49.0 Å². The first-order valence-electron chi connectivity index (χ1n) is 7.88. The SMILES string of the molecule is C/C(=N\N1CCN(Cc2ccc(Cl)cc2)CC1)c1ccncc1. The first kappa shape index (κ1) is 16.0. The molecule has 23 heavy (non-hydrogen) atoms. The number of hydrogen-bond donors (Lipinski definition) is 0. The lowest BCUT2D eigenvalue weighted by molar-refractivity contribution is 0.130. The Morgan fingerprint density at radius 3 is 2.35 bits per heavy atom. The first-order chi connectivity index (χ1) is 11.2. The molecule has 0 N–H and O–H groups in total. The van der Waals surface area contributed by atoms with Gasteiger partial charge in [0.1, 0.15) is 0 Å². The molecule has 1 aromatic heterocycles. The van der Waals surface area contributed by atoms with Gasteiger partial charge in [-0.1, -0.05) is 23.7 Å². The molecule has 0 aliphatic carbocycles. The summed E-state index contributed by atoms with van der Waals surface area (Å²) in [5.41, 5.74) is 3.47. The van der Waals surface area contributed by atoms with Gasteiger partial charge in [-0.25, -0.2) is 0 Å². The average molecular weight is 329 g/mol. The zero-order valence-electron chi connectivity index (χ0n) is 13.3. The van der Waals surface area contributed by atoms with Crippen LogP contribution in [-0.4, -0.2) is 46.8 Å². The first-order valence-corrected chi connectivity index (χ1v) is 8.26. The third-order valence-corrected chi connectivity index (χ3v) is 4.31. The molecule has 3 rings (SSSR count). The van der Waals surface area contributed by atoms with E-state index in [1.54, 1.807) is 12.4 Å². The number of rotatable bonds is 4. The van der Waals surface area contributed by atoms with Crippen molar-refractivity contribution in [2.24, 2.45) is 5.10 Å². The predicted octanol–water partition coefficient (Wildman–Crippen LogP) is 3.28. The smallest absolute Gasteiger partial charge is 0.0647 e.